The molecule has 4 aliphatic carbocycles. The van der Waals surface area contributed by atoms with E-state index >= 15 is 4.79 Å². The summed E-state index contributed by atoms with van der Waals surface area (Å²) in [6.07, 6.45) is 2.99. The Labute approximate surface area is 275 Å². The monoisotopic (exact) mass is 653 g/mol. The van der Waals surface area contributed by atoms with Gasteiger partial charge in [-0.25, -0.2) is 8.42 Å². The van der Waals surface area contributed by atoms with Gasteiger partial charge in [-0.1, -0.05) is 66.7 Å². The first kappa shape index (κ1) is 31.6. The Kier molecular flexibility index (Phi) is 8.65. The molecule has 8 rings (SSSR count). The van der Waals surface area contributed by atoms with Gasteiger partial charge in [0.15, 0.2) is 0 Å². The maximum atomic E-state index is 15.2. The van der Waals surface area contributed by atoms with E-state index in [2.05, 4.69) is 24.3 Å². The van der Waals surface area contributed by atoms with Crippen molar-refractivity contribution in [3.8, 4) is 11.5 Å². The summed E-state index contributed by atoms with van der Waals surface area (Å²) in [6.45, 7) is 1.57. The van der Waals surface area contributed by atoms with E-state index in [1.807, 2.05) is 48.5 Å². The summed E-state index contributed by atoms with van der Waals surface area (Å²) >= 11 is 0. The van der Waals surface area contributed by atoms with Crippen LogP contribution in [-0.4, -0.2) is 52.5 Å². The van der Waals surface area contributed by atoms with Crippen molar-refractivity contribution < 1.29 is 36.7 Å². The number of carbonyl (C=O) groups excluding carboxylic acids is 1. The van der Waals surface area contributed by atoms with E-state index in [9.17, 15) is 13.0 Å². The van der Waals surface area contributed by atoms with Crippen molar-refractivity contribution in [3.63, 3.8) is 0 Å². The van der Waals surface area contributed by atoms with Crippen molar-refractivity contribution in [2.45, 2.75) is 54.3 Å². The molecule has 0 aromatic heterocycles. The first-order valence-corrected chi connectivity index (χ1v) is 17.5. The average molecular weight is 654 g/mol. The number of ether oxygens (including phenoxy) is 4. The number of hydrogen-bond acceptors (Lipinski definition) is 8. The van der Waals surface area contributed by atoms with E-state index in [4.69, 9.17) is 18.9 Å². The van der Waals surface area contributed by atoms with Crippen LogP contribution >= 0.6 is 0 Å². The number of methoxy groups -OCH3 is 1. The Bertz CT molecular complexity index is 1870. The fourth-order valence-electron chi connectivity index (χ4n) is 8.02. The van der Waals surface area contributed by atoms with Gasteiger partial charge in [-0.2, -0.15) is 0 Å². The van der Waals surface area contributed by atoms with Crippen molar-refractivity contribution >= 4 is 16.1 Å². The van der Waals surface area contributed by atoms with Gasteiger partial charge in [-0.05, 0) is 83.7 Å². The van der Waals surface area contributed by atoms with E-state index in [-0.39, 0.29) is 23.3 Å². The second-order valence-electron chi connectivity index (χ2n) is 12.4. The number of carbonyl (C=O) groups is 1. The summed E-state index contributed by atoms with van der Waals surface area (Å²) in [4.78, 5) is 14.9. The minimum absolute atomic E-state index is 0.0627. The molecule has 2 bridgehead atoms. The summed E-state index contributed by atoms with van der Waals surface area (Å²) < 4.78 is 60.0. The summed E-state index contributed by atoms with van der Waals surface area (Å²) in [5.74, 6) is 0.0236. The van der Waals surface area contributed by atoms with Gasteiger partial charge in [0.2, 0.25) is 0 Å². The van der Waals surface area contributed by atoms with Crippen LogP contribution in [0, 0.1) is 0 Å². The largest absolute Gasteiger partial charge is 0.744 e. The minimum atomic E-state index is -4.69. The van der Waals surface area contributed by atoms with Crippen LogP contribution in [0.4, 0.5) is 0 Å². The molecule has 8 nitrogen and oxygen atoms in total. The van der Waals surface area contributed by atoms with Gasteiger partial charge in [0.1, 0.15) is 33.6 Å². The summed E-state index contributed by atoms with van der Waals surface area (Å²) in [5, 5.41) is 0. The van der Waals surface area contributed by atoms with Gasteiger partial charge >= 0.3 is 5.97 Å². The van der Waals surface area contributed by atoms with Gasteiger partial charge in [0.05, 0.1) is 24.7 Å². The smallest absolute Gasteiger partial charge is 0.323 e. The third kappa shape index (κ3) is 5.55. The highest BCUT2D eigenvalue weighted by Crippen LogP contribution is 2.63. The van der Waals surface area contributed by atoms with Crippen LogP contribution in [-0.2, 0) is 42.6 Å². The molecule has 4 aromatic rings. The molecule has 0 spiro atoms. The predicted octanol–water partition coefficient (Wildman–Crippen LogP) is 6.04. The number of fused-ring (bicyclic) bond motifs is 2. The Balaban J connectivity index is 1.36. The van der Waals surface area contributed by atoms with Crippen LogP contribution in [0.1, 0.15) is 70.0 Å². The molecule has 4 aliphatic rings. The molecule has 9 heteroatoms. The lowest BCUT2D eigenvalue weighted by atomic mass is 9.50. The molecule has 0 N–H and O–H groups in total. The zero-order valence-corrected chi connectivity index (χ0v) is 27.1. The Hall–Kier alpha value is -4.02. The second-order valence-corrected chi connectivity index (χ2v) is 13.8. The zero-order chi connectivity index (χ0) is 32.6. The molecule has 1 atom stereocenters. The van der Waals surface area contributed by atoms with Gasteiger partial charge in [-0.15, -0.1) is 0 Å². The molecule has 0 fully saturated rings. The molecular formula is C38H37O8S-. The van der Waals surface area contributed by atoms with E-state index in [0.717, 1.165) is 29.5 Å². The molecular weight excluding hydrogens is 616 g/mol. The summed E-state index contributed by atoms with van der Waals surface area (Å²) in [6, 6.07) is 27.0. The predicted molar refractivity (Wildman–Crippen MR) is 174 cm³/mol. The number of hydrogen-bond donors (Lipinski definition) is 0. The van der Waals surface area contributed by atoms with E-state index < -0.39 is 21.5 Å². The maximum Gasteiger partial charge on any atom is 0.323 e. The third-order valence-electron chi connectivity index (χ3n) is 9.95. The molecule has 1 unspecified atom stereocenters. The first-order valence-electron chi connectivity index (χ1n) is 16.1. The zero-order valence-electron chi connectivity index (χ0n) is 26.3. The highest BCUT2D eigenvalue weighted by Gasteiger charge is 2.60. The SMILES string of the molecule is COCCOCCOc1ccccc1C1(C(=O)Oc2ccc(S(=O)(=O)[O-])c3c2CCCC3)CC2c3ccccc3C1c1ccccc12. The Morgan fingerprint density at radius 2 is 1.38 bits per heavy atom. The summed E-state index contributed by atoms with van der Waals surface area (Å²) in [7, 11) is -3.06. The second kappa shape index (κ2) is 12.9. The third-order valence-corrected chi connectivity index (χ3v) is 10.9. The van der Waals surface area contributed by atoms with Crippen LogP contribution in [0.25, 0.3) is 0 Å². The topological polar surface area (TPSA) is 111 Å². The highest BCUT2D eigenvalue weighted by molar-refractivity contribution is 7.85. The van der Waals surface area contributed by atoms with Crippen LogP contribution in [0.5, 0.6) is 11.5 Å². The van der Waals surface area contributed by atoms with Crippen molar-refractivity contribution in [2.24, 2.45) is 0 Å². The van der Waals surface area contributed by atoms with Gasteiger partial charge in [-0.3, -0.25) is 4.79 Å². The van der Waals surface area contributed by atoms with Crippen LogP contribution < -0.4 is 9.47 Å². The Morgan fingerprint density at radius 3 is 2.06 bits per heavy atom. The minimum Gasteiger partial charge on any atom is -0.744 e. The van der Waals surface area contributed by atoms with Gasteiger partial charge < -0.3 is 23.5 Å². The van der Waals surface area contributed by atoms with Gasteiger partial charge in [0, 0.05) is 24.5 Å². The molecule has 47 heavy (non-hydrogen) atoms. The molecule has 0 heterocycles. The standard InChI is InChI=1S/C38H38O8S/c1-43-20-21-44-22-23-45-34-17-9-8-16-32(34)38(24-31-25-10-2-6-14-29(25)36(38)30-15-7-3-11-26(30)31)37(39)46-33-18-19-35(47(40,41)42)28-13-5-4-12-27(28)33/h2-3,6-11,14-19,31,36H,4-5,12-13,20-24H2,1H3,(H,40,41,42)/p-1. The molecule has 0 saturated heterocycles. The highest BCUT2D eigenvalue weighted by atomic mass is 32.2. The quantitative estimate of drug-likeness (QED) is 0.0835. The van der Waals surface area contributed by atoms with E-state index in [0.29, 0.717) is 61.7 Å². The number of rotatable bonds is 11. The van der Waals surface area contributed by atoms with Crippen LogP contribution in [0.2, 0.25) is 0 Å². The maximum absolute atomic E-state index is 15.2. The van der Waals surface area contributed by atoms with Gasteiger partial charge in [0.25, 0.3) is 0 Å². The van der Waals surface area contributed by atoms with Crippen LogP contribution in [0.3, 0.4) is 0 Å². The van der Waals surface area contributed by atoms with Crippen LogP contribution in [0.15, 0.2) is 89.8 Å². The van der Waals surface area contributed by atoms with Crippen molar-refractivity contribution in [1.82, 2.24) is 0 Å². The van der Waals surface area contributed by atoms with Crippen molar-refractivity contribution in [3.05, 3.63) is 124 Å². The lowest BCUT2D eigenvalue weighted by Crippen LogP contribution is -2.52. The molecule has 0 saturated carbocycles. The van der Waals surface area contributed by atoms with E-state index in [1.165, 1.54) is 23.3 Å². The fourth-order valence-corrected chi connectivity index (χ4v) is 8.78. The lowest BCUT2D eigenvalue weighted by Gasteiger charge is -2.52. The molecule has 0 aliphatic heterocycles. The lowest BCUT2D eigenvalue weighted by molar-refractivity contribution is -0.143. The summed E-state index contributed by atoms with van der Waals surface area (Å²) in [5.41, 5.74) is 5.19. The number of esters is 1. The number of benzene rings is 4. The first-order chi connectivity index (χ1) is 22.8. The molecule has 0 amide bonds. The molecule has 4 aromatic carbocycles. The average Bonchev–Trinajstić information content (AvgIpc) is 3.09. The molecule has 0 radical (unpaired) electrons. The van der Waals surface area contributed by atoms with E-state index in [1.54, 1.807) is 7.11 Å². The fraction of sp³-hybridized carbons (Fsp3) is 0.342. The van der Waals surface area contributed by atoms with Crippen molar-refractivity contribution in [2.75, 3.05) is 33.5 Å². The number of para-hydroxylation sites is 1. The Morgan fingerprint density at radius 1 is 0.766 bits per heavy atom. The van der Waals surface area contributed by atoms with Crippen molar-refractivity contribution in [1.29, 1.82) is 0 Å². The molecule has 244 valence electrons. The normalized spacial score (nSPS) is 21.0.